The van der Waals surface area contributed by atoms with Crippen LogP contribution in [0.15, 0.2) is 35.4 Å². The number of benzene rings is 1. The highest BCUT2D eigenvalue weighted by Gasteiger charge is 2.01. The predicted molar refractivity (Wildman–Crippen MR) is 73.8 cm³/mol. The van der Waals surface area contributed by atoms with Gasteiger partial charge in [-0.3, -0.25) is 0 Å². The molecule has 0 fully saturated rings. The van der Waals surface area contributed by atoms with Gasteiger partial charge in [0.2, 0.25) is 0 Å². The number of hydrogen-bond acceptors (Lipinski definition) is 2. The minimum atomic E-state index is 0.489. The lowest BCUT2D eigenvalue weighted by molar-refractivity contribution is 0.352. The second kappa shape index (κ2) is 7.36. The van der Waals surface area contributed by atoms with E-state index < -0.39 is 0 Å². The summed E-state index contributed by atoms with van der Waals surface area (Å²) in [4.78, 5) is 0. The van der Waals surface area contributed by atoms with E-state index in [1.54, 1.807) is 5.54 Å². The highest BCUT2D eigenvalue weighted by atomic mass is 35.5. The van der Waals surface area contributed by atoms with E-state index in [2.05, 4.69) is 24.4 Å². The summed E-state index contributed by atoms with van der Waals surface area (Å²) in [7, 11) is 1.98. The molecule has 17 heavy (non-hydrogen) atoms. The Morgan fingerprint density at radius 1 is 1.41 bits per heavy atom. The van der Waals surface area contributed by atoms with Crippen LogP contribution >= 0.6 is 11.6 Å². The second-order valence-corrected chi connectivity index (χ2v) is 4.50. The molecule has 0 aliphatic heterocycles. The van der Waals surface area contributed by atoms with Gasteiger partial charge in [-0.1, -0.05) is 23.7 Å². The Balaban J connectivity index is 2.50. The van der Waals surface area contributed by atoms with Crippen molar-refractivity contribution in [2.45, 2.75) is 26.3 Å². The molecule has 0 bridgehead atoms. The monoisotopic (exact) mass is 253 g/mol. The minimum absolute atomic E-state index is 0.489. The minimum Gasteiger partial charge on any atom is -0.489 e. The number of ether oxygens (including phenoxy) is 1. The van der Waals surface area contributed by atoms with Crippen molar-refractivity contribution in [1.82, 2.24) is 5.32 Å². The second-order valence-electron chi connectivity index (χ2n) is 4.28. The van der Waals surface area contributed by atoms with Gasteiger partial charge in [-0.15, -0.1) is 0 Å². The van der Waals surface area contributed by atoms with Crippen LogP contribution in [0, 0.1) is 0 Å². The predicted octanol–water partition coefficient (Wildman–Crippen LogP) is 3.36. The first-order chi connectivity index (χ1) is 8.15. The summed E-state index contributed by atoms with van der Waals surface area (Å²) in [6.45, 7) is 4.64. The zero-order valence-corrected chi connectivity index (χ0v) is 11.4. The van der Waals surface area contributed by atoms with Gasteiger partial charge in [0.15, 0.2) is 0 Å². The van der Waals surface area contributed by atoms with E-state index in [9.17, 15) is 0 Å². The number of rotatable bonds is 6. The van der Waals surface area contributed by atoms with Crippen molar-refractivity contribution in [2.75, 3.05) is 13.7 Å². The van der Waals surface area contributed by atoms with Crippen LogP contribution in [0.5, 0.6) is 5.75 Å². The van der Waals surface area contributed by atoms with E-state index >= 15 is 0 Å². The van der Waals surface area contributed by atoms with Gasteiger partial charge in [-0.2, -0.15) is 0 Å². The van der Waals surface area contributed by atoms with Crippen LogP contribution in [0.1, 0.15) is 19.4 Å². The molecule has 1 N–H and O–H groups in total. The molecule has 2 nitrogen and oxygen atoms in total. The summed E-state index contributed by atoms with van der Waals surface area (Å²) in [6.07, 6.45) is 1.03. The summed E-state index contributed by atoms with van der Waals surface area (Å²) >= 11 is 5.57. The standard InChI is InChI=1S/C14H20ClNO/c1-11(9-15)10-17-14-6-4-13(5-7-14)8-12(2)16-3/h4-7,9,12,16H,8,10H2,1-3H3/b11-9+. The summed E-state index contributed by atoms with van der Waals surface area (Å²) in [5.41, 5.74) is 3.87. The molecule has 94 valence electrons. The first-order valence-corrected chi connectivity index (χ1v) is 6.24. The fourth-order valence-corrected chi connectivity index (χ4v) is 1.47. The molecule has 1 aromatic rings. The Labute approximate surface area is 109 Å². The van der Waals surface area contributed by atoms with Gasteiger partial charge in [0.1, 0.15) is 12.4 Å². The van der Waals surface area contributed by atoms with Gasteiger partial charge in [0.05, 0.1) is 0 Å². The Bertz CT molecular complexity index is 359. The van der Waals surface area contributed by atoms with Crippen LogP contribution in [-0.4, -0.2) is 19.7 Å². The van der Waals surface area contributed by atoms with Crippen molar-refractivity contribution in [3.63, 3.8) is 0 Å². The maximum absolute atomic E-state index is 5.58. The van der Waals surface area contributed by atoms with E-state index in [0.29, 0.717) is 12.6 Å². The molecule has 1 rings (SSSR count). The molecule has 0 amide bonds. The van der Waals surface area contributed by atoms with Gasteiger partial charge < -0.3 is 10.1 Å². The lowest BCUT2D eigenvalue weighted by atomic mass is 10.1. The topological polar surface area (TPSA) is 21.3 Å². The molecule has 0 heterocycles. The summed E-state index contributed by atoms with van der Waals surface area (Å²) in [5.74, 6) is 0.878. The third-order valence-corrected chi connectivity index (χ3v) is 2.98. The highest BCUT2D eigenvalue weighted by Crippen LogP contribution is 2.14. The smallest absolute Gasteiger partial charge is 0.119 e. The Morgan fingerprint density at radius 2 is 2.06 bits per heavy atom. The van der Waals surface area contributed by atoms with Crippen LogP contribution in [-0.2, 0) is 6.42 Å². The molecule has 1 unspecified atom stereocenters. The van der Waals surface area contributed by atoms with Crippen molar-refractivity contribution in [1.29, 1.82) is 0 Å². The average Bonchev–Trinajstić information content (AvgIpc) is 2.37. The number of nitrogens with one attached hydrogen (secondary N) is 1. The van der Waals surface area contributed by atoms with Crippen LogP contribution in [0.4, 0.5) is 0 Å². The lowest BCUT2D eigenvalue weighted by Gasteiger charge is -2.11. The normalized spacial score (nSPS) is 13.5. The Kier molecular flexibility index (Phi) is 6.09. The van der Waals surface area contributed by atoms with E-state index in [1.807, 2.05) is 26.1 Å². The largest absolute Gasteiger partial charge is 0.489 e. The van der Waals surface area contributed by atoms with Crippen LogP contribution in [0.3, 0.4) is 0 Å². The van der Waals surface area contributed by atoms with E-state index in [0.717, 1.165) is 17.7 Å². The van der Waals surface area contributed by atoms with Crippen LogP contribution < -0.4 is 10.1 Å². The zero-order chi connectivity index (χ0) is 12.7. The molecule has 0 spiro atoms. The fourth-order valence-electron chi connectivity index (χ4n) is 1.41. The van der Waals surface area contributed by atoms with Crippen molar-refractivity contribution >= 4 is 11.6 Å². The van der Waals surface area contributed by atoms with E-state index in [1.165, 1.54) is 5.56 Å². The first-order valence-electron chi connectivity index (χ1n) is 5.80. The van der Waals surface area contributed by atoms with Crippen molar-refractivity contribution in [2.24, 2.45) is 0 Å². The molecular weight excluding hydrogens is 234 g/mol. The third-order valence-electron chi connectivity index (χ3n) is 2.61. The SMILES string of the molecule is CNC(C)Cc1ccc(OC/C(C)=C/Cl)cc1. The lowest BCUT2D eigenvalue weighted by Crippen LogP contribution is -2.23. The molecule has 1 atom stereocenters. The van der Waals surface area contributed by atoms with Crippen molar-refractivity contribution in [3.8, 4) is 5.75 Å². The summed E-state index contributed by atoms with van der Waals surface area (Å²) in [5, 5.41) is 3.22. The maximum Gasteiger partial charge on any atom is 0.119 e. The molecule has 1 aromatic carbocycles. The van der Waals surface area contributed by atoms with Gasteiger partial charge in [-0.25, -0.2) is 0 Å². The van der Waals surface area contributed by atoms with E-state index in [-0.39, 0.29) is 0 Å². The summed E-state index contributed by atoms with van der Waals surface area (Å²) in [6, 6.07) is 8.69. The Morgan fingerprint density at radius 3 is 2.59 bits per heavy atom. The molecule has 0 saturated carbocycles. The first kappa shape index (κ1) is 14.1. The van der Waals surface area contributed by atoms with Gasteiger partial charge >= 0.3 is 0 Å². The average molecular weight is 254 g/mol. The van der Waals surface area contributed by atoms with Crippen molar-refractivity contribution < 1.29 is 4.74 Å². The Hall–Kier alpha value is -0.990. The van der Waals surface area contributed by atoms with Crippen molar-refractivity contribution in [3.05, 3.63) is 40.9 Å². The quantitative estimate of drug-likeness (QED) is 0.840. The number of halogens is 1. The molecule has 0 radical (unpaired) electrons. The fraction of sp³-hybridized carbons (Fsp3) is 0.429. The molecule has 0 aliphatic rings. The third kappa shape index (κ3) is 5.24. The maximum atomic E-state index is 5.58. The number of hydrogen-bond donors (Lipinski definition) is 1. The highest BCUT2D eigenvalue weighted by molar-refractivity contribution is 6.25. The van der Waals surface area contributed by atoms with Gasteiger partial charge in [0.25, 0.3) is 0 Å². The van der Waals surface area contributed by atoms with Gasteiger partial charge in [0, 0.05) is 11.6 Å². The molecule has 0 aliphatic carbocycles. The van der Waals surface area contributed by atoms with Gasteiger partial charge in [-0.05, 0) is 50.6 Å². The molecule has 3 heteroatoms. The molecular formula is C14H20ClNO. The number of likely N-dealkylation sites (N-methyl/N-ethyl adjacent to an activating group) is 1. The van der Waals surface area contributed by atoms with Crippen LogP contribution in [0.2, 0.25) is 0 Å². The summed E-state index contributed by atoms with van der Waals surface area (Å²) < 4.78 is 5.58. The molecule has 0 saturated heterocycles. The zero-order valence-electron chi connectivity index (χ0n) is 10.7. The van der Waals surface area contributed by atoms with E-state index in [4.69, 9.17) is 16.3 Å². The molecule has 0 aromatic heterocycles. The van der Waals surface area contributed by atoms with Crippen LogP contribution in [0.25, 0.3) is 0 Å².